The van der Waals surface area contributed by atoms with Crippen LogP contribution in [0.4, 0.5) is 0 Å². The predicted octanol–water partition coefficient (Wildman–Crippen LogP) is 6.68. The monoisotopic (exact) mass is 366 g/mol. The summed E-state index contributed by atoms with van der Waals surface area (Å²) in [4.78, 5) is 5.18. The van der Waals surface area contributed by atoms with Gasteiger partial charge in [-0.2, -0.15) is 0 Å². The van der Waals surface area contributed by atoms with Crippen molar-refractivity contribution in [2.75, 3.05) is 0 Å². The van der Waals surface area contributed by atoms with E-state index in [1.165, 1.54) is 23.4 Å². The summed E-state index contributed by atoms with van der Waals surface area (Å²) in [7, 11) is 0. The molecular formula is C25H22N2O. The molecule has 2 aromatic carbocycles. The van der Waals surface area contributed by atoms with E-state index in [9.17, 15) is 0 Å². The molecule has 3 heteroatoms. The van der Waals surface area contributed by atoms with Crippen LogP contribution in [0.1, 0.15) is 35.7 Å². The van der Waals surface area contributed by atoms with Crippen molar-refractivity contribution in [2.45, 2.75) is 32.6 Å². The number of benzene rings is 2. The first-order valence-corrected chi connectivity index (χ1v) is 10.0. The van der Waals surface area contributed by atoms with E-state index in [0.29, 0.717) is 11.8 Å². The van der Waals surface area contributed by atoms with Crippen LogP contribution in [0.3, 0.4) is 0 Å². The number of allylic oxidation sites excluding steroid dienone is 1. The Labute approximate surface area is 163 Å². The third kappa shape index (κ3) is 2.02. The molecule has 3 heterocycles. The smallest absolute Gasteiger partial charge is 0.160 e. The lowest BCUT2D eigenvalue weighted by atomic mass is 10.1. The second-order valence-corrected chi connectivity index (χ2v) is 8.19. The Balaban J connectivity index is 1.79. The molecular weight excluding hydrogens is 344 g/mol. The number of aryl methyl sites for hydroxylation is 2. The average Bonchev–Trinajstić information content (AvgIpc) is 3.23. The number of pyridine rings is 1. The third-order valence-electron chi connectivity index (χ3n) is 6.34. The van der Waals surface area contributed by atoms with Crippen molar-refractivity contribution in [1.82, 2.24) is 9.38 Å². The topological polar surface area (TPSA) is 30.4 Å². The van der Waals surface area contributed by atoms with Gasteiger partial charge < -0.3 is 4.42 Å². The van der Waals surface area contributed by atoms with Crippen LogP contribution in [0, 0.1) is 19.8 Å². The fourth-order valence-electron chi connectivity index (χ4n) is 4.86. The number of fused-ring (bicyclic) bond motifs is 8. The van der Waals surface area contributed by atoms with E-state index >= 15 is 0 Å². The molecule has 0 saturated heterocycles. The zero-order chi connectivity index (χ0) is 19.0. The minimum Gasteiger partial charge on any atom is -0.454 e. The van der Waals surface area contributed by atoms with Crippen molar-refractivity contribution in [3.05, 3.63) is 72.1 Å². The highest BCUT2D eigenvalue weighted by Gasteiger charge is 2.40. The molecule has 0 amide bonds. The van der Waals surface area contributed by atoms with Crippen LogP contribution in [0.2, 0.25) is 0 Å². The van der Waals surface area contributed by atoms with Crippen molar-refractivity contribution in [3.8, 4) is 0 Å². The molecule has 1 saturated carbocycles. The molecule has 2 atom stereocenters. The minimum absolute atomic E-state index is 0.548. The zero-order valence-corrected chi connectivity index (χ0v) is 16.2. The lowest BCUT2D eigenvalue weighted by molar-refractivity contribution is 0.671. The molecule has 1 aliphatic rings. The predicted molar refractivity (Wildman–Crippen MR) is 115 cm³/mol. The first kappa shape index (κ1) is 15.9. The fourth-order valence-corrected chi connectivity index (χ4v) is 4.86. The Kier molecular flexibility index (Phi) is 3.12. The van der Waals surface area contributed by atoms with Gasteiger partial charge in [0.2, 0.25) is 0 Å². The van der Waals surface area contributed by atoms with Gasteiger partial charge in [0.15, 0.2) is 5.58 Å². The summed E-state index contributed by atoms with van der Waals surface area (Å²) < 4.78 is 8.70. The van der Waals surface area contributed by atoms with E-state index < -0.39 is 0 Å². The Morgan fingerprint density at radius 2 is 1.96 bits per heavy atom. The number of rotatable bonds is 3. The summed E-state index contributed by atoms with van der Waals surface area (Å²) in [6.45, 7) is 8.25. The fraction of sp³-hybridized carbons (Fsp3) is 0.240. The Bertz CT molecular complexity index is 1420. The van der Waals surface area contributed by atoms with Crippen LogP contribution >= 0.6 is 0 Å². The van der Waals surface area contributed by atoms with Gasteiger partial charge in [0, 0.05) is 27.8 Å². The highest BCUT2D eigenvalue weighted by Crippen LogP contribution is 2.51. The summed E-state index contributed by atoms with van der Waals surface area (Å²) in [5.41, 5.74) is 7.80. The zero-order valence-electron chi connectivity index (χ0n) is 16.2. The van der Waals surface area contributed by atoms with Crippen molar-refractivity contribution >= 4 is 38.5 Å². The number of hydrogen-bond acceptors (Lipinski definition) is 2. The maximum Gasteiger partial charge on any atom is 0.160 e. The maximum atomic E-state index is 6.37. The first-order chi connectivity index (χ1) is 13.7. The first-order valence-electron chi connectivity index (χ1n) is 10.0. The molecule has 3 nitrogen and oxygen atoms in total. The molecule has 0 bridgehead atoms. The van der Waals surface area contributed by atoms with Crippen LogP contribution in [0.25, 0.3) is 38.5 Å². The molecule has 0 aliphatic heterocycles. The Hall–Kier alpha value is -3.07. The molecule has 2 unspecified atom stereocenters. The van der Waals surface area contributed by atoms with Gasteiger partial charge >= 0.3 is 0 Å². The Morgan fingerprint density at radius 3 is 2.79 bits per heavy atom. The number of nitrogens with zero attached hydrogens (tertiary/aromatic N) is 2. The summed E-state index contributed by atoms with van der Waals surface area (Å²) in [6.07, 6.45) is 4.32. The molecule has 1 aliphatic carbocycles. The lowest BCUT2D eigenvalue weighted by Gasteiger charge is -2.05. The molecule has 0 radical (unpaired) electrons. The molecule has 5 aromatic rings. The van der Waals surface area contributed by atoms with Gasteiger partial charge in [-0.3, -0.25) is 4.40 Å². The number of furan rings is 1. The highest BCUT2D eigenvalue weighted by atomic mass is 16.3. The normalized spacial score (nSPS) is 19.2. The second kappa shape index (κ2) is 5.48. The summed E-state index contributed by atoms with van der Waals surface area (Å²) >= 11 is 0. The SMILES string of the molecule is C=CCC1CC1c1nc2c3ccccc3c3oc4ccc(C)cc4c3n2c1C. The molecule has 1 fully saturated rings. The summed E-state index contributed by atoms with van der Waals surface area (Å²) in [6, 6.07) is 14.9. The van der Waals surface area contributed by atoms with E-state index in [2.05, 4.69) is 67.3 Å². The molecule has 138 valence electrons. The van der Waals surface area contributed by atoms with Crippen molar-refractivity contribution < 1.29 is 4.42 Å². The van der Waals surface area contributed by atoms with E-state index in [-0.39, 0.29) is 0 Å². The standard InChI is InChI=1S/C25H22N2O/c1-4-7-16-13-19(16)22-15(3)27-23-20-12-14(2)10-11-21(20)28-24(23)17-8-5-6-9-18(17)25(27)26-22/h4-6,8-12,16,19H,1,7,13H2,2-3H3. The van der Waals surface area contributed by atoms with Crippen LogP contribution in [0.5, 0.6) is 0 Å². The maximum absolute atomic E-state index is 6.37. The quantitative estimate of drug-likeness (QED) is 0.333. The molecule has 28 heavy (non-hydrogen) atoms. The highest BCUT2D eigenvalue weighted by molar-refractivity contribution is 6.17. The van der Waals surface area contributed by atoms with Crippen molar-refractivity contribution in [2.24, 2.45) is 5.92 Å². The number of aromatic nitrogens is 2. The van der Waals surface area contributed by atoms with Crippen LogP contribution in [0.15, 0.2) is 59.5 Å². The van der Waals surface area contributed by atoms with E-state index in [4.69, 9.17) is 9.40 Å². The van der Waals surface area contributed by atoms with Crippen molar-refractivity contribution in [1.29, 1.82) is 0 Å². The van der Waals surface area contributed by atoms with Gasteiger partial charge in [0.05, 0.1) is 5.69 Å². The van der Waals surface area contributed by atoms with E-state index in [1.54, 1.807) is 0 Å². The van der Waals surface area contributed by atoms with E-state index in [0.717, 1.165) is 44.9 Å². The van der Waals surface area contributed by atoms with Crippen LogP contribution in [-0.4, -0.2) is 9.38 Å². The van der Waals surface area contributed by atoms with Crippen LogP contribution < -0.4 is 0 Å². The van der Waals surface area contributed by atoms with Gasteiger partial charge in [0.25, 0.3) is 0 Å². The molecule has 0 N–H and O–H groups in total. The Morgan fingerprint density at radius 1 is 1.14 bits per heavy atom. The molecule has 6 rings (SSSR count). The summed E-state index contributed by atoms with van der Waals surface area (Å²) in [5, 5.41) is 3.45. The van der Waals surface area contributed by atoms with Gasteiger partial charge in [-0.05, 0) is 44.7 Å². The van der Waals surface area contributed by atoms with Crippen LogP contribution in [-0.2, 0) is 0 Å². The van der Waals surface area contributed by atoms with E-state index in [1.807, 2.05) is 6.08 Å². The van der Waals surface area contributed by atoms with Gasteiger partial charge in [-0.1, -0.05) is 42.0 Å². The molecule has 3 aromatic heterocycles. The third-order valence-corrected chi connectivity index (χ3v) is 6.34. The number of imidazole rings is 1. The average molecular weight is 366 g/mol. The minimum atomic E-state index is 0.548. The second-order valence-electron chi connectivity index (χ2n) is 8.19. The number of hydrogen-bond donors (Lipinski definition) is 0. The molecule has 0 spiro atoms. The lowest BCUT2D eigenvalue weighted by Crippen LogP contribution is -1.93. The van der Waals surface area contributed by atoms with Gasteiger partial charge in [0.1, 0.15) is 16.7 Å². The van der Waals surface area contributed by atoms with Gasteiger partial charge in [-0.15, -0.1) is 6.58 Å². The largest absolute Gasteiger partial charge is 0.454 e. The van der Waals surface area contributed by atoms with Gasteiger partial charge in [-0.25, -0.2) is 4.98 Å². The van der Waals surface area contributed by atoms with Crippen molar-refractivity contribution in [3.63, 3.8) is 0 Å². The summed E-state index contributed by atoms with van der Waals surface area (Å²) in [5.74, 6) is 1.23.